The Kier molecular flexibility index (Phi) is 2.61. The van der Waals surface area contributed by atoms with Crippen molar-refractivity contribution in [3.8, 4) is 11.1 Å². The van der Waals surface area contributed by atoms with Crippen molar-refractivity contribution in [3.05, 3.63) is 66.4 Å². The zero-order chi connectivity index (χ0) is 12.4. The highest BCUT2D eigenvalue weighted by atomic mass is 16.1. The van der Waals surface area contributed by atoms with Gasteiger partial charge in [0.15, 0.2) is 6.29 Å². The van der Waals surface area contributed by atoms with E-state index in [1.54, 1.807) is 6.07 Å². The SMILES string of the molecule is O=Cc1ccc2cccc(-c3ccccc3)c2n1. The topological polar surface area (TPSA) is 30.0 Å². The minimum atomic E-state index is 0.464. The number of aromatic nitrogens is 1. The van der Waals surface area contributed by atoms with Crippen molar-refractivity contribution in [3.63, 3.8) is 0 Å². The van der Waals surface area contributed by atoms with Crippen molar-refractivity contribution in [2.24, 2.45) is 0 Å². The highest BCUT2D eigenvalue weighted by Gasteiger charge is 2.05. The number of para-hydroxylation sites is 1. The van der Waals surface area contributed by atoms with Crippen LogP contribution < -0.4 is 0 Å². The van der Waals surface area contributed by atoms with Crippen LogP contribution in [0.1, 0.15) is 10.5 Å². The molecule has 0 fully saturated rings. The summed E-state index contributed by atoms with van der Waals surface area (Å²) in [4.78, 5) is 15.2. The summed E-state index contributed by atoms with van der Waals surface area (Å²) >= 11 is 0. The van der Waals surface area contributed by atoms with E-state index in [4.69, 9.17) is 0 Å². The van der Waals surface area contributed by atoms with Gasteiger partial charge in [-0.1, -0.05) is 54.6 Å². The number of fused-ring (bicyclic) bond motifs is 1. The number of carbonyl (C=O) groups is 1. The van der Waals surface area contributed by atoms with Gasteiger partial charge in [-0.3, -0.25) is 4.79 Å². The van der Waals surface area contributed by atoms with E-state index < -0.39 is 0 Å². The Bertz CT molecular complexity index is 705. The van der Waals surface area contributed by atoms with Crippen LogP contribution in [0.15, 0.2) is 60.7 Å². The number of hydrogen-bond donors (Lipinski definition) is 0. The Hall–Kier alpha value is -2.48. The molecule has 3 rings (SSSR count). The van der Waals surface area contributed by atoms with Crippen molar-refractivity contribution < 1.29 is 4.79 Å². The van der Waals surface area contributed by atoms with Crippen LogP contribution in [-0.4, -0.2) is 11.3 Å². The lowest BCUT2D eigenvalue weighted by atomic mass is 10.0. The van der Waals surface area contributed by atoms with E-state index >= 15 is 0 Å². The molecule has 0 unspecified atom stereocenters. The maximum atomic E-state index is 10.8. The first-order chi connectivity index (χ1) is 8.88. The second-order valence-corrected chi connectivity index (χ2v) is 4.10. The molecule has 0 aliphatic rings. The Morgan fingerprint density at radius 3 is 2.44 bits per heavy atom. The van der Waals surface area contributed by atoms with Crippen LogP contribution in [-0.2, 0) is 0 Å². The Labute approximate surface area is 105 Å². The molecular formula is C16H11NO. The van der Waals surface area contributed by atoms with Gasteiger partial charge in [-0.15, -0.1) is 0 Å². The molecule has 1 aromatic heterocycles. The third-order valence-electron chi connectivity index (χ3n) is 2.95. The van der Waals surface area contributed by atoms with Gasteiger partial charge in [0.2, 0.25) is 0 Å². The fraction of sp³-hybridized carbons (Fsp3) is 0. The fourth-order valence-electron chi connectivity index (χ4n) is 2.08. The first kappa shape index (κ1) is 10.7. The number of nitrogens with zero attached hydrogens (tertiary/aromatic N) is 1. The lowest BCUT2D eigenvalue weighted by Crippen LogP contribution is -1.90. The summed E-state index contributed by atoms with van der Waals surface area (Å²) in [6.45, 7) is 0. The van der Waals surface area contributed by atoms with Crippen LogP contribution in [0.25, 0.3) is 22.0 Å². The summed E-state index contributed by atoms with van der Waals surface area (Å²) in [5.41, 5.74) is 3.50. The number of carbonyl (C=O) groups excluding carboxylic acids is 1. The molecule has 18 heavy (non-hydrogen) atoms. The molecule has 2 heteroatoms. The quantitative estimate of drug-likeness (QED) is 0.631. The van der Waals surface area contributed by atoms with Crippen molar-refractivity contribution in [2.45, 2.75) is 0 Å². The molecule has 0 aliphatic heterocycles. The average Bonchev–Trinajstić information content (AvgIpc) is 2.47. The molecule has 0 bridgehead atoms. The molecule has 0 saturated carbocycles. The maximum absolute atomic E-state index is 10.8. The van der Waals surface area contributed by atoms with E-state index in [2.05, 4.69) is 4.98 Å². The smallest absolute Gasteiger partial charge is 0.168 e. The molecule has 0 radical (unpaired) electrons. The molecule has 0 saturated heterocycles. The average molecular weight is 233 g/mol. The summed E-state index contributed by atoms with van der Waals surface area (Å²) in [5, 5.41) is 1.04. The predicted octanol–water partition coefficient (Wildman–Crippen LogP) is 3.71. The summed E-state index contributed by atoms with van der Waals surface area (Å²) < 4.78 is 0. The molecule has 3 aromatic rings. The summed E-state index contributed by atoms with van der Waals surface area (Å²) in [5.74, 6) is 0. The Balaban J connectivity index is 2.32. The summed E-state index contributed by atoms with van der Waals surface area (Å²) in [6.07, 6.45) is 0.779. The molecular weight excluding hydrogens is 222 g/mol. The number of benzene rings is 2. The van der Waals surface area contributed by atoms with E-state index in [1.807, 2.05) is 54.6 Å². The van der Waals surface area contributed by atoms with Gasteiger partial charge in [0, 0.05) is 10.9 Å². The highest BCUT2D eigenvalue weighted by Crippen LogP contribution is 2.26. The third-order valence-corrected chi connectivity index (χ3v) is 2.95. The number of aldehydes is 1. The Morgan fingerprint density at radius 2 is 1.67 bits per heavy atom. The lowest BCUT2D eigenvalue weighted by Gasteiger charge is -2.06. The molecule has 2 aromatic carbocycles. The predicted molar refractivity (Wildman–Crippen MR) is 72.6 cm³/mol. The second kappa shape index (κ2) is 4.41. The van der Waals surface area contributed by atoms with E-state index in [9.17, 15) is 4.79 Å². The lowest BCUT2D eigenvalue weighted by molar-refractivity contribution is 0.111. The van der Waals surface area contributed by atoms with Gasteiger partial charge in [0.05, 0.1) is 5.52 Å². The van der Waals surface area contributed by atoms with Crippen LogP contribution in [0, 0.1) is 0 Å². The van der Waals surface area contributed by atoms with Crippen LogP contribution in [0.5, 0.6) is 0 Å². The van der Waals surface area contributed by atoms with Crippen molar-refractivity contribution >= 4 is 17.2 Å². The van der Waals surface area contributed by atoms with Crippen LogP contribution in [0.2, 0.25) is 0 Å². The first-order valence-electron chi connectivity index (χ1n) is 5.79. The minimum absolute atomic E-state index is 0.464. The number of hydrogen-bond acceptors (Lipinski definition) is 2. The van der Waals surface area contributed by atoms with Crippen LogP contribution in [0.3, 0.4) is 0 Å². The summed E-state index contributed by atoms with van der Waals surface area (Å²) in [6, 6.07) is 19.8. The molecule has 0 N–H and O–H groups in total. The largest absolute Gasteiger partial charge is 0.296 e. The molecule has 1 heterocycles. The van der Waals surface area contributed by atoms with Gasteiger partial charge < -0.3 is 0 Å². The zero-order valence-electron chi connectivity index (χ0n) is 9.71. The monoisotopic (exact) mass is 233 g/mol. The molecule has 0 amide bonds. The first-order valence-corrected chi connectivity index (χ1v) is 5.79. The van der Waals surface area contributed by atoms with E-state index in [0.29, 0.717) is 5.69 Å². The fourth-order valence-corrected chi connectivity index (χ4v) is 2.08. The van der Waals surface area contributed by atoms with Crippen molar-refractivity contribution in [1.82, 2.24) is 4.98 Å². The summed E-state index contributed by atoms with van der Waals surface area (Å²) in [7, 11) is 0. The van der Waals surface area contributed by atoms with E-state index in [-0.39, 0.29) is 0 Å². The molecule has 86 valence electrons. The maximum Gasteiger partial charge on any atom is 0.168 e. The molecule has 2 nitrogen and oxygen atoms in total. The molecule has 0 spiro atoms. The van der Waals surface area contributed by atoms with Crippen LogP contribution >= 0.6 is 0 Å². The van der Waals surface area contributed by atoms with Gasteiger partial charge in [-0.2, -0.15) is 0 Å². The van der Waals surface area contributed by atoms with Gasteiger partial charge in [0.1, 0.15) is 5.69 Å². The number of pyridine rings is 1. The highest BCUT2D eigenvalue weighted by molar-refractivity contribution is 5.95. The molecule has 0 atom stereocenters. The van der Waals surface area contributed by atoms with Crippen molar-refractivity contribution in [1.29, 1.82) is 0 Å². The zero-order valence-corrected chi connectivity index (χ0v) is 9.71. The van der Waals surface area contributed by atoms with E-state index in [1.165, 1.54) is 0 Å². The third kappa shape index (κ3) is 1.78. The minimum Gasteiger partial charge on any atom is -0.296 e. The van der Waals surface area contributed by atoms with Gasteiger partial charge in [-0.05, 0) is 11.6 Å². The number of rotatable bonds is 2. The standard InChI is InChI=1S/C16H11NO/c18-11-14-10-9-13-7-4-8-15(16(13)17-14)12-5-2-1-3-6-12/h1-11H. The van der Waals surface area contributed by atoms with Gasteiger partial charge >= 0.3 is 0 Å². The van der Waals surface area contributed by atoms with Gasteiger partial charge in [0.25, 0.3) is 0 Å². The normalized spacial score (nSPS) is 10.4. The van der Waals surface area contributed by atoms with E-state index in [0.717, 1.165) is 28.3 Å². The Morgan fingerprint density at radius 1 is 0.833 bits per heavy atom. The van der Waals surface area contributed by atoms with Gasteiger partial charge in [-0.25, -0.2) is 4.98 Å². The molecule has 0 aliphatic carbocycles. The van der Waals surface area contributed by atoms with Crippen molar-refractivity contribution in [2.75, 3.05) is 0 Å². The van der Waals surface area contributed by atoms with Crippen LogP contribution in [0.4, 0.5) is 0 Å². The second-order valence-electron chi connectivity index (χ2n) is 4.10.